The number of nitriles is 1. The molecule has 1 aromatic heterocycles. The number of aromatic nitrogens is 2. The molecule has 0 radical (unpaired) electrons. The fourth-order valence-corrected chi connectivity index (χ4v) is 2.08. The van der Waals surface area contributed by atoms with Crippen molar-refractivity contribution in [2.45, 2.75) is 20.0 Å². The average Bonchev–Trinajstić information content (AvgIpc) is 2.55. The highest BCUT2D eigenvalue weighted by Gasteiger charge is 2.12. The van der Waals surface area contributed by atoms with Crippen molar-refractivity contribution < 1.29 is 0 Å². The summed E-state index contributed by atoms with van der Waals surface area (Å²) in [6.07, 6.45) is 2.91. The van der Waals surface area contributed by atoms with Crippen LogP contribution in [0.2, 0.25) is 0 Å². The van der Waals surface area contributed by atoms with Gasteiger partial charge in [0.05, 0.1) is 18.2 Å². The van der Waals surface area contributed by atoms with Crippen molar-refractivity contribution in [3.8, 4) is 6.07 Å². The lowest BCUT2D eigenvalue weighted by Gasteiger charge is -2.16. The molecule has 3 N–H and O–H groups in total. The molecule has 0 fully saturated rings. The Morgan fingerprint density at radius 2 is 2.09 bits per heavy atom. The van der Waals surface area contributed by atoms with E-state index in [9.17, 15) is 9.59 Å². The van der Waals surface area contributed by atoms with Gasteiger partial charge >= 0.3 is 5.69 Å². The Bertz CT molecular complexity index is 777. The number of anilines is 1. The first kappa shape index (κ1) is 18.2. The molecule has 0 aromatic carbocycles. The lowest BCUT2D eigenvalue weighted by atomic mass is 10.1. The van der Waals surface area contributed by atoms with Crippen molar-refractivity contribution in [1.82, 2.24) is 9.13 Å². The van der Waals surface area contributed by atoms with Gasteiger partial charge in [0.25, 0.3) is 5.56 Å². The van der Waals surface area contributed by atoms with Crippen LogP contribution >= 0.6 is 0 Å². The van der Waals surface area contributed by atoms with Gasteiger partial charge in [-0.25, -0.2) is 4.79 Å². The molecule has 0 unspecified atom stereocenters. The molecule has 0 saturated heterocycles. The largest absolute Gasteiger partial charge is 0.370 e. The van der Waals surface area contributed by atoms with Crippen LogP contribution in [0.4, 0.5) is 5.82 Å². The van der Waals surface area contributed by atoms with E-state index >= 15 is 0 Å². The number of hydrogen-bond acceptors (Lipinski definition) is 5. The van der Waals surface area contributed by atoms with Gasteiger partial charge in [0.1, 0.15) is 5.82 Å². The zero-order valence-electron chi connectivity index (χ0n) is 13.2. The summed E-state index contributed by atoms with van der Waals surface area (Å²) in [7, 11) is 0. The molecule has 122 valence electrons. The summed E-state index contributed by atoms with van der Waals surface area (Å²) in [4.78, 5) is 24.5. The summed E-state index contributed by atoms with van der Waals surface area (Å²) < 4.78 is 2.51. The van der Waals surface area contributed by atoms with Crippen molar-refractivity contribution >= 4 is 5.82 Å². The Morgan fingerprint density at radius 3 is 2.57 bits per heavy atom. The van der Waals surface area contributed by atoms with Crippen molar-refractivity contribution in [2.75, 3.05) is 18.4 Å². The number of nitrogens with one attached hydrogen (secondary N) is 1. The van der Waals surface area contributed by atoms with Crippen molar-refractivity contribution in [3.05, 3.63) is 63.4 Å². The Hall–Kier alpha value is -2.85. The summed E-state index contributed by atoms with van der Waals surface area (Å²) in [5.41, 5.74) is 5.48. The van der Waals surface area contributed by atoms with E-state index < -0.39 is 5.69 Å². The second kappa shape index (κ2) is 8.56. The maximum Gasteiger partial charge on any atom is 0.332 e. The van der Waals surface area contributed by atoms with Gasteiger partial charge in [-0.3, -0.25) is 13.9 Å². The van der Waals surface area contributed by atoms with Crippen LogP contribution in [0, 0.1) is 11.3 Å². The van der Waals surface area contributed by atoms with Crippen LogP contribution in [0.3, 0.4) is 0 Å². The molecule has 0 aliphatic carbocycles. The summed E-state index contributed by atoms with van der Waals surface area (Å²) >= 11 is 0. The Kier molecular flexibility index (Phi) is 6.77. The minimum absolute atomic E-state index is 0.102. The number of rotatable bonds is 8. The van der Waals surface area contributed by atoms with Crippen LogP contribution in [0.15, 0.2) is 52.1 Å². The van der Waals surface area contributed by atoms with Crippen molar-refractivity contribution in [3.63, 3.8) is 0 Å². The van der Waals surface area contributed by atoms with Gasteiger partial charge in [0, 0.05) is 25.7 Å². The Balaban J connectivity index is 3.54. The topological polar surface area (TPSA) is 106 Å². The Morgan fingerprint density at radius 1 is 1.39 bits per heavy atom. The number of nitrogens with two attached hydrogens (primary N) is 1. The van der Waals surface area contributed by atoms with Crippen LogP contribution in [0.25, 0.3) is 0 Å². The molecule has 23 heavy (non-hydrogen) atoms. The zero-order valence-corrected chi connectivity index (χ0v) is 13.2. The van der Waals surface area contributed by atoms with Crippen LogP contribution in [0.1, 0.15) is 6.92 Å². The van der Waals surface area contributed by atoms with Crippen LogP contribution in [0.5, 0.6) is 0 Å². The van der Waals surface area contributed by atoms with Gasteiger partial charge in [0.15, 0.2) is 0 Å². The minimum atomic E-state index is -0.458. The normalized spacial score (nSPS) is 11.3. The molecule has 0 amide bonds. The summed E-state index contributed by atoms with van der Waals surface area (Å²) in [6, 6.07) is 3.36. The first-order valence-corrected chi connectivity index (χ1v) is 7.20. The second-order valence-corrected chi connectivity index (χ2v) is 4.66. The van der Waals surface area contributed by atoms with E-state index in [0.29, 0.717) is 30.1 Å². The van der Waals surface area contributed by atoms with Crippen LogP contribution < -0.4 is 22.3 Å². The maximum absolute atomic E-state index is 12.5. The third-order valence-electron chi connectivity index (χ3n) is 3.29. The molecular formula is C16H21N5O2. The number of allylic oxidation sites excluding steroid dienone is 4. The first-order chi connectivity index (χ1) is 11.0. The van der Waals surface area contributed by atoms with E-state index in [-0.39, 0.29) is 18.6 Å². The molecule has 1 heterocycles. The highest BCUT2D eigenvalue weighted by molar-refractivity contribution is 5.43. The summed E-state index contributed by atoms with van der Waals surface area (Å²) in [6.45, 7) is 10.1. The van der Waals surface area contributed by atoms with Gasteiger partial charge < -0.3 is 11.1 Å². The lowest BCUT2D eigenvalue weighted by Crippen LogP contribution is -2.40. The fraction of sp³-hybridized carbons (Fsp3) is 0.312. The number of hydrogen-bond donors (Lipinski definition) is 2. The van der Waals surface area contributed by atoms with Gasteiger partial charge in [-0.15, -0.1) is 0 Å². The molecule has 7 heteroatoms. The maximum atomic E-state index is 12.5. The molecule has 1 aromatic rings. The van der Waals surface area contributed by atoms with E-state index in [4.69, 9.17) is 11.0 Å². The predicted molar refractivity (Wildman–Crippen MR) is 91.2 cm³/mol. The quantitative estimate of drug-likeness (QED) is 0.539. The minimum Gasteiger partial charge on any atom is -0.370 e. The number of nitrogens with zero attached hydrogens (tertiary/aromatic N) is 3. The standard InChI is InChI=1S/C16H21N5O2/c1-4-12(10-18)13(5-2)11-21-14(19-8-7-17)9-15(22)20(6-3)16(21)23/h4-5,9,19H,1-2,6-8,11,17H2,3H3/b13-12-. The predicted octanol–water partition coefficient (Wildman–Crippen LogP) is 0.593. The van der Waals surface area contributed by atoms with Crippen molar-refractivity contribution in [1.29, 1.82) is 5.26 Å². The van der Waals surface area contributed by atoms with E-state index in [2.05, 4.69) is 18.5 Å². The van der Waals surface area contributed by atoms with Gasteiger partial charge in [0.2, 0.25) is 0 Å². The third kappa shape index (κ3) is 4.08. The molecule has 0 aliphatic rings. The highest BCUT2D eigenvalue weighted by Crippen LogP contribution is 2.11. The molecule has 0 atom stereocenters. The van der Waals surface area contributed by atoms with Crippen LogP contribution in [-0.2, 0) is 13.1 Å². The average molecular weight is 315 g/mol. The Labute approximate surface area is 134 Å². The van der Waals surface area contributed by atoms with E-state index in [1.165, 1.54) is 22.8 Å². The molecule has 1 rings (SSSR count). The van der Waals surface area contributed by atoms with Crippen LogP contribution in [-0.4, -0.2) is 22.2 Å². The van der Waals surface area contributed by atoms with E-state index in [0.717, 1.165) is 4.57 Å². The lowest BCUT2D eigenvalue weighted by molar-refractivity contribution is 0.601. The molecule has 7 nitrogen and oxygen atoms in total. The third-order valence-corrected chi connectivity index (χ3v) is 3.29. The second-order valence-electron chi connectivity index (χ2n) is 4.66. The SMILES string of the molecule is C=C/C(C#N)=C(\C=C)Cn1c(NCCN)cc(=O)n(CC)c1=O. The summed E-state index contributed by atoms with van der Waals surface area (Å²) in [5.74, 6) is 0.357. The molecule has 0 saturated carbocycles. The first-order valence-electron chi connectivity index (χ1n) is 7.20. The molecule has 0 bridgehead atoms. The van der Waals surface area contributed by atoms with Gasteiger partial charge in [-0.1, -0.05) is 25.3 Å². The van der Waals surface area contributed by atoms with E-state index in [1.807, 2.05) is 6.07 Å². The molecule has 0 spiro atoms. The smallest absolute Gasteiger partial charge is 0.332 e. The van der Waals surface area contributed by atoms with Gasteiger partial charge in [-0.05, 0) is 12.5 Å². The fourth-order valence-electron chi connectivity index (χ4n) is 2.08. The monoisotopic (exact) mass is 315 g/mol. The zero-order chi connectivity index (χ0) is 17.4. The van der Waals surface area contributed by atoms with Crippen molar-refractivity contribution in [2.24, 2.45) is 5.73 Å². The van der Waals surface area contributed by atoms with E-state index in [1.54, 1.807) is 6.92 Å². The molecule has 0 aliphatic heterocycles. The molecular weight excluding hydrogens is 294 g/mol. The highest BCUT2D eigenvalue weighted by atomic mass is 16.2. The van der Waals surface area contributed by atoms with Gasteiger partial charge in [-0.2, -0.15) is 5.26 Å². The summed E-state index contributed by atoms with van der Waals surface area (Å²) in [5, 5.41) is 12.1.